The number of rotatable bonds is 14. The largest absolute Gasteiger partial charge is 0.477 e. The van der Waals surface area contributed by atoms with Gasteiger partial charge in [0.2, 0.25) is 40.9 Å². The van der Waals surface area contributed by atoms with Gasteiger partial charge in [0.1, 0.15) is 6.04 Å². The molecule has 6 atom stereocenters. The lowest BCUT2D eigenvalue weighted by Crippen LogP contribution is -2.64. The Morgan fingerprint density at radius 2 is 1.45 bits per heavy atom. The number of fused-ring (bicyclic) bond motifs is 1. The average molecular weight is 803 g/mol. The fraction of sp³-hybridized carbons (Fsp3) is 0.605. The van der Waals surface area contributed by atoms with Crippen molar-refractivity contribution in [2.24, 2.45) is 11.8 Å². The van der Waals surface area contributed by atoms with Crippen LogP contribution >= 0.6 is 0 Å². The van der Waals surface area contributed by atoms with Gasteiger partial charge in [0.25, 0.3) is 5.91 Å². The van der Waals surface area contributed by atoms with Gasteiger partial charge in [0.05, 0.1) is 22.9 Å². The lowest BCUT2D eigenvalue weighted by molar-refractivity contribution is -0.133. The van der Waals surface area contributed by atoms with Gasteiger partial charge in [0.15, 0.2) is 22.2 Å². The Balaban J connectivity index is 1.61. The summed E-state index contributed by atoms with van der Waals surface area (Å²) in [5.74, 6) is -15.4. The molecule has 1 saturated carbocycles. The van der Waals surface area contributed by atoms with Gasteiger partial charge in [-0.1, -0.05) is 49.6 Å². The van der Waals surface area contributed by atoms with Crippen molar-refractivity contribution in [3.05, 3.63) is 65.0 Å². The summed E-state index contributed by atoms with van der Waals surface area (Å²) in [5, 5.41) is 19.8. The second-order valence-electron chi connectivity index (χ2n) is 16.2. The SMILES string of the molecule is CC(C)(C)NC(=O)C1C[C@@H]2CCCC[C@@H]2CN1CC(O)C(Cc1ccccc1)NC(=O)[C@@H](NC(=O)COc1c(F)c(F)c(F)c(F)c1F)C(C)(C)S(C)(=O)=O. The van der Waals surface area contributed by atoms with E-state index in [2.05, 4.69) is 20.7 Å². The molecule has 4 rings (SSSR count). The molecule has 1 saturated heterocycles. The molecule has 11 nitrogen and oxygen atoms in total. The average Bonchev–Trinajstić information content (AvgIpc) is 3.10. The summed E-state index contributed by atoms with van der Waals surface area (Å²) in [4.78, 5) is 42.7. The fourth-order valence-electron chi connectivity index (χ4n) is 7.23. The number of nitrogens with one attached hydrogen (secondary N) is 3. The predicted molar refractivity (Wildman–Crippen MR) is 194 cm³/mol. The van der Waals surface area contributed by atoms with E-state index in [0.29, 0.717) is 30.4 Å². The number of ether oxygens (including phenoxy) is 1. The summed E-state index contributed by atoms with van der Waals surface area (Å²) < 4.78 is 97.9. The van der Waals surface area contributed by atoms with Gasteiger partial charge in [-0.3, -0.25) is 19.3 Å². The molecule has 2 aromatic carbocycles. The molecule has 0 radical (unpaired) electrons. The summed E-state index contributed by atoms with van der Waals surface area (Å²) in [6.45, 7) is 7.05. The zero-order chi connectivity index (χ0) is 41.0. The highest BCUT2D eigenvalue weighted by Crippen LogP contribution is 2.39. The minimum atomic E-state index is -4.16. The lowest BCUT2D eigenvalue weighted by Gasteiger charge is -2.47. The Morgan fingerprint density at radius 3 is 2.02 bits per heavy atom. The van der Waals surface area contributed by atoms with Gasteiger partial charge in [-0.25, -0.2) is 21.6 Å². The van der Waals surface area contributed by atoms with Crippen LogP contribution in [0.1, 0.15) is 72.3 Å². The van der Waals surface area contributed by atoms with Crippen molar-refractivity contribution in [2.75, 3.05) is 26.0 Å². The van der Waals surface area contributed by atoms with Crippen molar-refractivity contribution in [1.82, 2.24) is 20.9 Å². The summed E-state index contributed by atoms with van der Waals surface area (Å²) in [6, 6.07) is 5.23. The highest BCUT2D eigenvalue weighted by atomic mass is 32.2. The van der Waals surface area contributed by atoms with Gasteiger partial charge >= 0.3 is 0 Å². The summed E-state index contributed by atoms with van der Waals surface area (Å²) in [6.07, 6.45) is 4.26. The molecule has 1 aliphatic carbocycles. The van der Waals surface area contributed by atoms with E-state index in [4.69, 9.17) is 0 Å². The van der Waals surface area contributed by atoms with Crippen LogP contribution in [-0.4, -0.2) is 96.6 Å². The monoisotopic (exact) mass is 802 g/mol. The number of hydrogen-bond acceptors (Lipinski definition) is 8. The van der Waals surface area contributed by atoms with Crippen molar-refractivity contribution >= 4 is 27.6 Å². The van der Waals surface area contributed by atoms with E-state index in [-0.39, 0.29) is 18.9 Å². The molecule has 3 amide bonds. The Bertz CT molecular complexity index is 1800. The van der Waals surface area contributed by atoms with Crippen LogP contribution in [0.15, 0.2) is 30.3 Å². The Kier molecular flexibility index (Phi) is 14.0. The second-order valence-corrected chi connectivity index (χ2v) is 18.8. The molecule has 0 aromatic heterocycles. The number of likely N-dealkylation sites (tertiary alicyclic amines) is 1. The van der Waals surface area contributed by atoms with Gasteiger partial charge in [-0.15, -0.1) is 0 Å². The summed E-state index contributed by atoms with van der Waals surface area (Å²) in [7, 11) is -4.16. The van der Waals surface area contributed by atoms with Crippen LogP contribution in [-0.2, 0) is 30.6 Å². The zero-order valence-corrected chi connectivity index (χ0v) is 32.7. The predicted octanol–water partition coefficient (Wildman–Crippen LogP) is 3.95. The first-order valence-electron chi connectivity index (χ1n) is 18.2. The first kappa shape index (κ1) is 43.9. The number of halogens is 5. The number of carbonyl (C=O) groups is 3. The Labute approximate surface area is 318 Å². The number of piperidine rings is 1. The van der Waals surface area contributed by atoms with Crippen molar-refractivity contribution in [3.63, 3.8) is 0 Å². The first-order chi connectivity index (χ1) is 25.5. The molecule has 17 heteroatoms. The zero-order valence-electron chi connectivity index (χ0n) is 31.9. The molecule has 2 aromatic rings. The highest BCUT2D eigenvalue weighted by Gasteiger charge is 2.46. The van der Waals surface area contributed by atoms with Crippen LogP contribution in [0.3, 0.4) is 0 Å². The van der Waals surface area contributed by atoms with E-state index in [1.807, 2.05) is 25.7 Å². The molecule has 4 N–H and O–H groups in total. The third-order valence-electron chi connectivity index (χ3n) is 10.6. The molecule has 0 bridgehead atoms. The third kappa shape index (κ3) is 10.7. The van der Waals surface area contributed by atoms with Crippen LogP contribution in [0.25, 0.3) is 0 Å². The second kappa shape index (κ2) is 17.5. The van der Waals surface area contributed by atoms with Gasteiger partial charge in [-0.2, -0.15) is 8.78 Å². The standard InChI is InChI=1S/C38H51F5N4O7S/c1-37(2,3)46-35(50)25-17-22-14-10-11-15-23(22)18-47(25)19-26(48)24(16-21-12-8-7-9-13-21)44-36(51)34(38(4,5)55(6,52)53)45-27(49)20-54-33-31(42)29(40)28(39)30(41)32(33)43/h7-9,12-13,22-26,34,48H,10-11,14-20H2,1-6H3,(H,44,51)(H,45,49)(H,46,50)/t22-,23+,24?,25?,26?,34+/m0/s1. The normalized spacial score (nSPS) is 21.1. The molecular formula is C38H51F5N4O7S. The highest BCUT2D eigenvalue weighted by molar-refractivity contribution is 7.92. The molecule has 3 unspecified atom stereocenters. The van der Waals surface area contributed by atoms with Crippen molar-refractivity contribution in [3.8, 4) is 5.75 Å². The maximum atomic E-state index is 14.2. The molecule has 0 spiro atoms. The van der Waals surface area contributed by atoms with Gasteiger partial charge in [0, 0.05) is 24.9 Å². The van der Waals surface area contributed by atoms with Crippen molar-refractivity contribution in [1.29, 1.82) is 0 Å². The van der Waals surface area contributed by atoms with Crippen LogP contribution in [0.5, 0.6) is 5.75 Å². The fourth-order valence-corrected chi connectivity index (χ4v) is 7.83. The van der Waals surface area contributed by atoms with E-state index >= 15 is 0 Å². The smallest absolute Gasteiger partial charge is 0.258 e. The Hall–Kier alpha value is -3.83. The minimum Gasteiger partial charge on any atom is -0.477 e. The number of β-amino-alcohol motifs (C(OH)–C–C–N with tert-alkyl or cyclic N) is 1. The number of benzene rings is 2. The number of amides is 3. The summed E-state index contributed by atoms with van der Waals surface area (Å²) in [5.41, 5.74) is 0.179. The topological polar surface area (TPSA) is 154 Å². The van der Waals surface area contributed by atoms with Crippen LogP contribution in [0.4, 0.5) is 22.0 Å². The number of aliphatic hydroxyl groups excluding tert-OH is 1. The minimum absolute atomic E-state index is 0.0362. The van der Waals surface area contributed by atoms with Crippen molar-refractivity contribution < 1.29 is 54.6 Å². The van der Waals surface area contributed by atoms with E-state index in [9.17, 15) is 49.9 Å². The molecule has 2 fully saturated rings. The molecule has 1 aliphatic heterocycles. The molecule has 55 heavy (non-hydrogen) atoms. The lowest BCUT2D eigenvalue weighted by atomic mass is 9.72. The number of sulfone groups is 1. The molecular weight excluding hydrogens is 751 g/mol. The Morgan fingerprint density at radius 1 is 0.891 bits per heavy atom. The quantitative estimate of drug-likeness (QED) is 0.127. The van der Waals surface area contributed by atoms with Crippen LogP contribution in [0.2, 0.25) is 0 Å². The number of carbonyl (C=O) groups excluding carboxylic acids is 3. The van der Waals surface area contributed by atoms with E-state index in [1.165, 1.54) is 0 Å². The van der Waals surface area contributed by atoms with E-state index < -0.39 is 97.6 Å². The van der Waals surface area contributed by atoms with Gasteiger partial charge < -0.3 is 25.8 Å². The number of aliphatic hydroxyl groups is 1. The van der Waals surface area contributed by atoms with Crippen LogP contribution < -0.4 is 20.7 Å². The first-order valence-corrected chi connectivity index (χ1v) is 20.1. The maximum absolute atomic E-state index is 14.2. The molecule has 306 valence electrons. The van der Waals surface area contributed by atoms with E-state index in [1.54, 1.807) is 30.3 Å². The number of nitrogens with zero attached hydrogens (tertiary/aromatic N) is 1. The number of hydrogen-bond donors (Lipinski definition) is 4. The summed E-state index contributed by atoms with van der Waals surface area (Å²) >= 11 is 0. The molecule has 2 aliphatic rings. The van der Waals surface area contributed by atoms with E-state index in [0.717, 1.165) is 45.8 Å². The van der Waals surface area contributed by atoms with Gasteiger partial charge in [-0.05, 0) is 71.3 Å². The third-order valence-corrected chi connectivity index (χ3v) is 12.7. The molecule has 1 heterocycles. The van der Waals surface area contributed by atoms with Crippen molar-refractivity contribution in [2.45, 2.75) is 108 Å². The van der Waals surface area contributed by atoms with Crippen LogP contribution in [0, 0.1) is 40.9 Å². The maximum Gasteiger partial charge on any atom is 0.258 e.